The summed E-state index contributed by atoms with van der Waals surface area (Å²) in [6, 6.07) is 101. The molecule has 344 valence electrons. The largest absolute Gasteiger partial charge is 0.244 e. The Morgan fingerprint density at radius 2 is 0.405 bits per heavy atom. The van der Waals surface area contributed by atoms with E-state index in [1.54, 1.807) is 0 Å². The van der Waals surface area contributed by atoms with Crippen LogP contribution in [0.3, 0.4) is 0 Å². The zero-order valence-electron chi connectivity index (χ0n) is 40.5. The highest BCUT2D eigenvalue weighted by Crippen LogP contribution is 2.48. The quantitative estimate of drug-likeness (QED) is 0.142. The number of fused-ring (bicyclic) bond motifs is 5. The van der Waals surface area contributed by atoms with E-state index in [9.17, 15) is 0 Å². The molecule has 14 rings (SSSR count). The van der Waals surface area contributed by atoms with Crippen molar-refractivity contribution in [3.63, 3.8) is 0 Å². The Balaban J connectivity index is 0.888. The van der Waals surface area contributed by atoms with Crippen LogP contribution in [0.1, 0.15) is 0 Å². The van der Waals surface area contributed by atoms with Gasteiger partial charge in [-0.15, -0.1) is 0 Å². The average molecular weight is 939 g/mol. The molecule has 0 fully saturated rings. The van der Waals surface area contributed by atoms with Gasteiger partial charge in [0.2, 0.25) is 0 Å². The number of hydrogen-bond acceptors (Lipinski definition) is 2. The smallest absolute Gasteiger partial charge is 0.0973 e. The van der Waals surface area contributed by atoms with Crippen LogP contribution in [0.4, 0.5) is 0 Å². The summed E-state index contributed by atoms with van der Waals surface area (Å²) in [4.78, 5) is 10.7. The SMILES string of the molecule is c1ccc(-c2ccccc2-c2c3ccccc3c(-c3ccc(-c4nc5ccccc5nc4-c4ccc(-c5c6ccccc6c(-c6ccccc6-c6ccccc6)c6ccccc56)cc4)cc3)c3ccccc23)cc1. The molecule has 0 saturated carbocycles. The fourth-order valence-corrected chi connectivity index (χ4v) is 11.6. The number of hydrogen-bond donors (Lipinski definition) is 0. The monoisotopic (exact) mass is 938 g/mol. The van der Waals surface area contributed by atoms with Gasteiger partial charge in [-0.2, -0.15) is 0 Å². The second kappa shape index (κ2) is 18.1. The molecule has 14 aromatic rings. The van der Waals surface area contributed by atoms with Crippen LogP contribution in [0.5, 0.6) is 0 Å². The van der Waals surface area contributed by atoms with E-state index in [-0.39, 0.29) is 0 Å². The number of rotatable bonds is 8. The molecular formula is C72H46N2. The van der Waals surface area contributed by atoms with Gasteiger partial charge in [0, 0.05) is 11.1 Å². The van der Waals surface area contributed by atoms with Gasteiger partial charge in [0.25, 0.3) is 0 Å². The molecule has 0 radical (unpaired) electrons. The molecule has 1 heterocycles. The number of nitrogens with zero attached hydrogens (tertiary/aromatic N) is 2. The van der Waals surface area contributed by atoms with Crippen LogP contribution in [0.2, 0.25) is 0 Å². The summed E-state index contributed by atoms with van der Waals surface area (Å²) in [7, 11) is 0. The Morgan fingerprint density at radius 3 is 0.730 bits per heavy atom. The maximum absolute atomic E-state index is 5.37. The minimum atomic E-state index is 0.850. The summed E-state index contributed by atoms with van der Waals surface area (Å²) in [6.07, 6.45) is 0. The first-order valence-electron chi connectivity index (χ1n) is 25.4. The van der Waals surface area contributed by atoms with E-state index >= 15 is 0 Å². The molecule has 0 bridgehead atoms. The molecule has 0 saturated heterocycles. The number of aromatic nitrogens is 2. The van der Waals surface area contributed by atoms with E-state index < -0.39 is 0 Å². The lowest BCUT2D eigenvalue weighted by Gasteiger charge is -2.20. The third kappa shape index (κ3) is 7.27. The molecule has 0 aliphatic heterocycles. The van der Waals surface area contributed by atoms with Crippen molar-refractivity contribution < 1.29 is 0 Å². The summed E-state index contributed by atoms with van der Waals surface area (Å²) in [5.74, 6) is 0. The molecule has 0 unspecified atom stereocenters. The van der Waals surface area contributed by atoms with Gasteiger partial charge in [-0.3, -0.25) is 0 Å². The highest BCUT2D eigenvalue weighted by Gasteiger charge is 2.22. The van der Waals surface area contributed by atoms with Gasteiger partial charge in [0.15, 0.2) is 0 Å². The number of para-hydroxylation sites is 2. The van der Waals surface area contributed by atoms with Gasteiger partial charge in [-0.1, -0.05) is 267 Å². The zero-order chi connectivity index (χ0) is 49.0. The molecular weight excluding hydrogens is 893 g/mol. The molecule has 0 atom stereocenters. The Labute approximate surface area is 430 Å². The normalized spacial score (nSPS) is 11.5. The Kier molecular flexibility index (Phi) is 10.6. The molecule has 0 spiro atoms. The van der Waals surface area contributed by atoms with Gasteiger partial charge in [0.05, 0.1) is 22.4 Å². The van der Waals surface area contributed by atoms with E-state index in [4.69, 9.17) is 9.97 Å². The lowest BCUT2D eigenvalue weighted by molar-refractivity contribution is 1.29. The first-order chi connectivity index (χ1) is 36.7. The average Bonchev–Trinajstić information content (AvgIpc) is 3.49. The van der Waals surface area contributed by atoms with Crippen molar-refractivity contribution in [3.8, 4) is 89.3 Å². The van der Waals surface area contributed by atoms with Gasteiger partial charge >= 0.3 is 0 Å². The second-order valence-corrected chi connectivity index (χ2v) is 19.1. The van der Waals surface area contributed by atoms with E-state index in [0.717, 1.165) is 44.7 Å². The second-order valence-electron chi connectivity index (χ2n) is 19.1. The van der Waals surface area contributed by atoms with Crippen LogP contribution in [-0.4, -0.2) is 9.97 Å². The zero-order valence-corrected chi connectivity index (χ0v) is 40.5. The lowest BCUT2D eigenvalue weighted by Crippen LogP contribution is -1.96. The van der Waals surface area contributed by atoms with Crippen molar-refractivity contribution in [3.05, 3.63) is 279 Å². The summed E-state index contributed by atoms with van der Waals surface area (Å²) in [5.41, 5.74) is 20.0. The summed E-state index contributed by atoms with van der Waals surface area (Å²) in [5, 5.41) is 9.78. The first-order valence-corrected chi connectivity index (χ1v) is 25.4. The van der Waals surface area contributed by atoms with E-state index in [1.807, 2.05) is 12.1 Å². The highest BCUT2D eigenvalue weighted by atomic mass is 14.8. The van der Waals surface area contributed by atoms with Gasteiger partial charge in [-0.05, 0) is 122 Å². The summed E-state index contributed by atoms with van der Waals surface area (Å²) >= 11 is 0. The van der Waals surface area contributed by atoms with Crippen molar-refractivity contribution in [2.75, 3.05) is 0 Å². The molecule has 0 amide bonds. The first kappa shape index (κ1) is 43.1. The molecule has 74 heavy (non-hydrogen) atoms. The van der Waals surface area contributed by atoms with Crippen LogP contribution < -0.4 is 0 Å². The fraction of sp³-hybridized carbons (Fsp3) is 0. The number of benzene rings is 13. The van der Waals surface area contributed by atoms with Crippen molar-refractivity contribution in [2.24, 2.45) is 0 Å². The molecule has 2 nitrogen and oxygen atoms in total. The molecule has 13 aromatic carbocycles. The molecule has 0 aliphatic rings. The van der Waals surface area contributed by atoms with Crippen LogP contribution in [-0.2, 0) is 0 Å². The van der Waals surface area contributed by atoms with Crippen molar-refractivity contribution in [2.45, 2.75) is 0 Å². The van der Waals surface area contributed by atoms with Crippen LogP contribution in [0.15, 0.2) is 279 Å². The van der Waals surface area contributed by atoms with E-state index in [0.29, 0.717) is 0 Å². The van der Waals surface area contributed by atoms with E-state index in [2.05, 4.69) is 267 Å². The Hall–Kier alpha value is -9.76. The molecule has 1 aromatic heterocycles. The van der Waals surface area contributed by atoms with Gasteiger partial charge < -0.3 is 0 Å². The fourth-order valence-electron chi connectivity index (χ4n) is 11.6. The maximum Gasteiger partial charge on any atom is 0.0973 e. The Bertz CT molecular complexity index is 4040. The van der Waals surface area contributed by atoms with Crippen LogP contribution in [0.25, 0.3) is 143 Å². The standard InChI is InChI=1S/C72H46N2/c1-3-21-47(22-4-1)53-25-7-9-27-55(53)69-61-33-15-11-29-57(61)67(58-30-12-16-34-62(58)69)49-39-43-51(44-40-49)71-72(74-66-38-20-19-37-65(66)73-71)52-45-41-50(42-46-52)68-59-31-13-17-35-63(59)70(64-36-18-14-32-60(64)68)56-28-10-8-26-54(56)48-23-5-2-6-24-48/h1-46H. The minimum Gasteiger partial charge on any atom is -0.244 e. The lowest BCUT2D eigenvalue weighted by atomic mass is 9.83. The van der Waals surface area contributed by atoms with Crippen LogP contribution >= 0.6 is 0 Å². The Morgan fingerprint density at radius 1 is 0.162 bits per heavy atom. The molecule has 0 aliphatic carbocycles. The van der Waals surface area contributed by atoms with Crippen molar-refractivity contribution in [1.29, 1.82) is 0 Å². The van der Waals surface area contributed by atoms with Gasteiger partial charge in [-0.25, -0.2) is 9.97 Å². The van der Waals surface area contributed by atoms with E-state index in [1.165, 1.54) is 98.7 Å². The highest BCUT2D eigenvalue weighted by molar-refractivity contribution is 6.24. The van der Waals surface area contributed by atoms with Crippen LogP contribution in [0, 0.1) is 0 Å². The summed E-state index contributed by atoms with van der Waals surface area (Å²) < 4.78 is 0. The maximum atomic E-state index is 5.37. The third-order valence-corrected chi connectivity index (χ3v) is 14.9. The predicted octanol–water partition coefficient (Wildman–Crippen LogP) is 19.6. The topological polar surface area (TPSA) is 25.8 Å². The van der Waals surface area contributed by atoms with Crippen molar-refractivity contribution in [1.82, 2.24) is 9.97 Å². The molecule has 2 heteroatoms. The summed E-state index contributed by atoms with van der Waals surface area (Å²) in [6.45, 7) is 0. The third-order valence-electron chi connectivity index (χ3n) is 14.9. The molecule has 0 N–H and O–H groups in total. The minimum absolute atomic E-state index is 0.850. The van der Waals surface area contributed by atoms with Crippen molar-refractivity contribution >= 4 is 54.1 Å². The predicted molar refractivity (Wildman–Crippen MR) is 313 cm³/mol. The van der Waals surface area contributed by atoms with Gasteiger partial charge in [0.1, 0.15) is 0 Å².